The number of thioether (sulfide) groups is 1. The Morgan fingerprint density at radius 2 is 2.05 bits per heavy atom. The minimum atomic E-state index is -0.513. The number of amides is 2. The predicted molar refractivity (Wildman–Crippen MR) is 82.7 cm³/mol. The smallest absolute Gasteiger partial charge is 0.264 e. The van der Waals surface area contributed by atoms with Gasteiger partial charge in [0, 0.05) is 17.8 Å². The zero-order chi connectivity index (χ0) is 15.6. The average Bonchev–Trinajstić information content (AvgIpc) is 2.76. The van der Waals surface area contributed by atoms with Gasteiger partial charge in [0.2, 0.25) is 5.91 Å². The summed E-state index contributed by atoms with van der Waals surface area (Å²) < 4.78 is 0. The SMILES string of the molecule is CNC(=O)C(C#N)=C1SC(C)C(=O)N1c1ccc(Cl)cc1. The summed E-state index contributed by atoms with van der Waals surface area (Å²) in [5, 5.41) is 12.2. The van der Waals surface area contributed by atoms with Crippen LogP contribution in [-0.2, 0) is 9.59 Å². The molecule has 0 saturated carbocycles. The first-order valence-electron chi connectivity index (χ1n) is 6.12. The zero-order valence-corrected chi connectivity index (χ0v) is 13.0. The number of nitrogens with one attached hydrogen (secondary N) is 1. The second kappa shape index (κ2) is 6.20. The van der Waals surface area contributed by atoms with Crippen molar-refractivity contribution in [1.29, 1.82) is 5.26 Å². The minimum Gasteiger partial charge on any atom is -0.354 e. The third kappa shape index (κ3) is 2.89. The zero-order valence-electron chi connectivity index (χ0n) is 11.4. The highest BCUT2D eigenvalue weighted by atomic mass is 35.5. The maximum Gasteiger partial charge on any atom is 0.264 e. The molecule has 21 heavy (non-hydrogen) atoms. The molecule has 1 saturated heterocycles. The monoisotopic (exact) mass is 321 g/mol. The average molecular weight is 322 g/mol. The maximum absolute atomic E-state index is 12.3. The van der Waals surface area contributed by atoms with Gasteiger partial charge in [0.15, 0.2) is 0 Å². The molecule has 1 aliphatic rings. The fourth-order valence-corrected chi connectivity index (χ4v) is 3.10. The van der Waals surface area contributed by atoms with E-state index < -0.39 is 5.91 Å². The molecular formula is C14H12ClN3O2S. The van der Waals surface area contributed by atoms with Crippen molar-refractivity contribution in [2.75, 3.05) is 11.9 Å². The van der Waals surface area contributed by atoms with E-state index in [-0.39, 0.29) is 16.7 Å². The Morgan fingerprint density at radius 3 is 2.57 bits per heavy atom. The highest BCUT2D eigenvalue weighted by Gasteiger charge is 2.38. The summed E-state index contributed by atoms with van der Waals surface area (Å²) in [6, 6.07) is 8.54. The number of nitriles is 1. The van der Waals surface area contributed by atoms with Gasteiger partial charge in [-0.15, -0.1) is 0 Å². The van der Waals surface area contributed by atoms with Crippen LogP contribution in [-0.4, -0.2) is 24.1 Å². The third-order valence-electron chi connectivity index (χ3n) is 2.92. The lowest BCUT2D eigenvalue weighted by Crippen LogP contribution is -2.29. The Hall–Kier alpha value is -1.97. The first kappa shape index (κ1) is 15.4. The van der Waals surface area contributed by atoms with Gasteiger partial charge in [-0.25, -0.2) is 0 Å². The molecule has 0 aromatic heterocycles. The molecule has 108 valence electrons. The highest BCUT2D eigenvalue weighted by molar-refractivity contribution is 8.05. The number of carbonyl (C=O) groups excluding carboxylic acids is 2. The van der Waals surface area contributed by atoms with Gasteiger partial charge >= 0.3 is 0 Å². The van der Waals surface area contributed by atoms with Crippen molar-refractivity contribution < 1.29 is 9.59 Å². The molecular weight excluding hydrogens is 310 g/mol. The van der Waals surface area contributed by atoms with Crippen LogP contribution in [0.3, 0.4) is 0 Å². The second-order valence-corrected chi connectivity index (χ2v) is 6.05. The molecule has 1 aromatic carbocycles. The van der Waals surface area contributed by atoms with Gasteiger partial charge in [0.1, 0.15) is 16.7 Å². The number of benzene rings is 1. The van der Waals surface area contributed by atoms with Crippen LogP contribution in [0.15, 0.2) is 34.9 Å². The van der Waals surface area contributed by atoms with Crippen LogP contribution in [0.1, 0.15) is 6.92 Å². The Balaban J connectivity index is 2.57. The normalized spacial score (nSPS) is 20.2. The minimum absolute atomic E-state index is 0.0739. The van der Waals surface area contributed by atoms with Gasteiger partial charge < -0.3 is 5.32 Å². The largest absolute Gasteiger partial charge is 0.354 e. The molecule has 1 atom stereocenters. The number of halogens is 1. The van der Waals surface area contributed by atoms with Crippen molar-refractivity contribution in [2.24, 2.45) is 0 Å². The van der Waals surface area contributed by atoms with Crippen molar-refractivity contribution in [1.82, 2.24) is 5.32 Å². The molecule has 0 aliphatic carbocycles. The fraction of sp³-hybridized carbons (Fsp3) is 0.214. The van der Waals surface area contributed by atoms with Crippen molar-refractivity contribution in [2.45, 2.75) is 12.2 Å². The predicted octanol–water partition coefficient (Wildman–Crippen LogP) is 2.29. The molecule has 5 nitrogen and oxygen atoms in total. The number of nitrogens with zero attached hydrogens (tertiary/aromatic N) is 2. The highest BCUT2D eigenvalue weighted by Crippen LogP contribution is 2.40. The molecule has 2 amide bonds. The van der Waals surface area contributed by atoms with E-state index in [1.54, 1.807) is 31.2 Å². The molecule has 0 spiro atoms. The number of hydrogen-bond acceptors (Lipinski definition) is 4. The summed E-state index contributed by atoms with van der Waals surface area (Å²) >= 11 is 7.04. The molecule has 1 aromatic rings. The topological polar surface area (TPSA) is 73.2 Å². The Morgan fingerprint density at radius 1 is 1.43 bits per heavy atom. The van der Waals surface area contributed by atoms with E-state index in [4.69, 9.17) is 11.6 Å². The van der Waals surface area contributed by atoms with E-state index in [0.717, 1.165) is 0 Å². The molecule has 1 N–H and O–H groups in total. The number of likely N-dealkylation sites (N-methyl/N-ethyl adjacent to an activating group) is 1. The van der Waals surface area contributed by atoms with E-state index in [0.29, 0.717) is 15.7 Å². The van der Waals surface area contributed by atoms with Crippen LogP contribution in [0, 0.1) is 11.3 Å². The van der Waals surface area contributed by atoms with Gasteiger partial charge in [-0.05, 0) is 31.2 Å². The molecule has 1 fully saturated rings. The molecule has 0 radical (unpaired) electrons. The summed E-state index contributed by atoms with van der Waals surface area (Å²) in [6.07, 6.45) is 0. The fourth-order valence-electron chi connectivity index (χ4n) is 1.88. The summed E-state index contributed by atoms with van der Waals surface area (Å²) in [5.41, 5.74) is 0.503. The molecule has 1 heterocycles. The van der Waals surface area contributed by atoms with Crippen molar-refractivity contribution in [3.8, 4) is 6.07 Å². The van der Waals surface area contributed by atoms with Crippen LogP contribution >= 0.6 is 23.4 Å². The Kier molecular flexibility index (Phi) is 4.56. The molecule has 1 aliphatic heterocycles. The van der Waals surface area contributed by atoms with Gasteiger partial charge in [0.05, 0.1) is 5.25 Å². The second-order valence-electron chi connectivity index (χ2n) is 4.28. The van der Waals surface area contributed by atoms with E-state index in [1.165, 1.54) is 23.7 Å². The lowest BCUT2D eigenvalue weighted by Gasteiger charge is -2.18. The maximum atomic E-state index is 12.3. The van der Waals surface area contributed by atoms with Crippen molar-refractivity contribution in [3.05, 3.63) is 39.9 Å². The van der Waals surface area contributed by atoms with Gasteiger partial charge in [-0.1, -0.05) is 23.4 Å². The van der Waals surface area contributed by atoms with Gasteiger partial charge in [-0.3, -0.25) is 14.5 Å². The van der Waals surface area contributed by atoms with Crippen molar-refractivity contribution in [3.63, 3.8) is 0 Å². The lowest BCUT2D eigenvalue weighted by molar-refractivity contribution is -0.117. The van der Waals surface area contributed by atoms with Crippen LogP contribution in [0.25, 0.3) is 0 Å². The number of rotatable bonds is 2. The van der Waals surface area contributed by atoms with Crippen LogP contribution < -0.4 is 10.2 Å². The quantitative estimate of drug-likeness (QED) is 0.670. The number of anilines is 1. The summed E-state index contributed by atoms with van der Waals surface area (Å²) in [6.45, 7) is 1.74. The first-order valence-corrected chi connectivity index (χ1v) is 7.38. The Labute approximate surface area is 131 Å². The van der Waals surface area contributed by atoms with E-state index >= 15 is 0 Å². The number of hydrogen-bond donors (Lipinski definition) is 1. The van der Waals surface area contributed by atoms with E-state index in [1.807, 2.05) is 6.07 Å². The van der Waals surface area contributed by atoms with Gasteiger partial charge in [0.25, 0.3) is 5.91 Å². The van der Waals surface area contributed by atoms with Gasteiger partial charge in [-0.2, -0.15) is 5.26 Å². The van der Waals surface area contributed by atoms with E-state index in [9.17, 15) is 14.9 Å². The first-order chi connectivity index (χ1) is 9.99. The van der Waals surface area contributed by atoms with Crippen LogP contribution in [0.2, 0.25) is 5.02 Å². The van der Waals surface area contributed by atoms with Crippen molar-refractivity contribution >= 4 is 40.9 Å². The third-order valence-corrected chi connectivity index (χ3v) is 4.34. The molecule has 2 rings (SSSR count). The standard InChI is InChI=1S/C14H12ClN3O2S/c1-8-13(20)18(10-5-3-9(15)4-6-10)14(21-8)11(7-16)12(19)17-2/h3-6,8H,1-2H3,(H,17,19). The molecule has 7 heteroatoms. The van der Waals surface area contributed by atoms with E-state index in [2.05, 4.69) is 5.32 Å². The van der Waals surface area contributed by atoms with Crippen LogP contribution in [0.5, 0.6) is 0 Å². The summed E-state index contributed by atoms with van der Waals surface area (Å²) in [4.78, 5) is 25.5. The summed E-state index contributed by atoms with van der Waals surface area (Å²) in [5.74, 6) is -0.685. The number of carbonyl (C=O) groups is 2. The molecule has 1 unspecified atom stereocenters. The summed E-state index contributed by atoms with van der Waals surface area (Å²) in [7, 11) is 1.44. The van der Waals surface area contributed by atoms with Crippen LogP contribution in [0.4, 0.5) is 5.69 Å². The lowest BCUT2D eigenvalue weighted by atomic mass is 10.2. The Bertz CT molecular complexity index is 664. The molecule has 0 bridgehead atoms.